The molecule has 76 valence electrons. The number of ether oxygens (including phenoxy) is 2. The van der Waals surface area contributed by atoms with Crippen LogP contribution in [0.3, 0.4) is 0 Å². The first-order chi connectivity index (χ1) is 6.23. The van der Waals surface area contributed by atoms with Crippen molar-refractivity contribution in [3.8, 4) is 0 Å². The van der Waals surface area contributed by atoms with Crippen LogP contribution >= 0.6 is 0 Å². The molecule has 0 spiro atoms. The van der Waals surface area contributed by atoms with Crippen molar-refractivity contribution in [2.45, 2.75) is 32.3 Å². The van der Waals surface area contributed by atoms with Gasteiger partial charge in [-0.2, -0.15) is 0 Å². The van der Waals surface area contributed by atoms with E-state index in [1.54, 1.807) is 0 Å². The molecular formula is C10H18O3. The first-order valence-corrected chi connectivity index (χ1v) is 4.91. The van der Waals surface area contributed by atoms with Gasteiger partial charge in [0.05, 0.1) is 6.61 Å². The Morgan fingerprint density at radius 2 is 2.46 bits per heavy atom. The van der Waals surface area contributed by atoms with E-state index in [4.69, 9.17) is 9.47 Å². The molecule has 1 heterocycles. The zero-order valence-electron chi connectivity index (χ0n) is 8.41. The monoisotopic (exact) mass is 186 g/mol. The lowest BCUT2D eigenvalue weighted by Crippen LogP contribution is -2.43. The predicted molar refractivity (Wildman–Crippen MR) is 49.6 cm³/mol. The summed E-state index contributed by atoms with van der Waals surface area (Å²) in [4.78, 5) is 10.9. The molecule has 0 aromatic carbocycles. The standard InChI is InChI=1S/C10H18O3/c1-3-13-10(2,8-11)9-5-4-6-12-7-9/h8-9H,3-7H2,1-2H3. The van der Waals surface area contributed by atoms with Crippen LogP contribution in [0.5, 0.6) is 0 Å². The first kappa shape index (κ1) is 10.7. The van der Waals surface area contributed by atoms with E-state index in [0.717, 1.165) is 25.7 Å². The summed E-state index contributed by atoms with van der Waals surface area (Å²) < 4.78 is 10.8. The molecule has 0 bridgehead atoms. The maximum Gasteiger partial charge on any atom is 0.151 e. The summed E-state index contributed by atoms with van der Waals surface area (Å²) in [6.45, 7) is 5.80. The lowest BCUT2D eigenvalue weighted by molar-refractivity contribution is -0.144. The SMILES string of the molecule is CCOC(C)(C=O)C1CCCOC1. The third-order valence-electron chi connectivity index (χ3n) is 2.66. The van der Waals surface area contributed by atoms with Crippen LogP contribution in [0.15, 0.2) is 0 Å². The Morgan fingerprint density at radius 1 is 1.69 bits per heavy atom. The molecule has 3 heteroatoms. The maximum absolute atomic E-state index is 10.9. The molecule has 13 heavy (non-hydrogen) atoms. The minimum Gasteiger partial charge on any atom is -0.381 e. The van der Waals surface area contributed by atoms with Crippen LogP contribution in [0.4, 0.5) is 0 Å². The summed E-state index contributed by atoms with van der Waals surface area (Å²) in [7, 11) is 0. The molecule has 0 aromatic heterocycles. The van der Waals surface area contributed by atoms with Crippen molar-refractivity contribution in [1.29, 1.82) is 0 Å². The highest BCUT2D eigenvalue weighted by atomic mass is 16.5. The van der Waals surface area contributed by atoms with Gasteiger partial charge in [-0.05, 0) is 26.7 Å². The number of carbonyl (C=O) groups excluding carboxylic acids is 1. The molecule has 1 aliphatic rings. The molecule has 1 aliphatic heterocycles. The van der Waals surface area contributed by atoms with E-state index in [9.17, 15) is 4.79 Å². The first-order valence-electron chi connectivity index (χ1n) is 4.91. The van der Waals surface area contributed by atoms with Gasteiger partial charge in [0.25, 0.3) is 0 Å². The summed E-state index contributed by atoms with van der Waals surface area (Å²) in [6, 6.07) is 0. The van der Waals surface area contributed by atoms with Crippen LogP contribution in [0.25, 0.3) is 0 Å². The Kier molecular flexibility index (Phi) is 3.88. The third-order valence-corrected chi connectivity index (χ3v) is 2.66. The summed E-state index contributed by atoms with van der Waals surface area (Å²) >= 11 is 0. The summed E-state index contributed by atoms with van der Waals surface area (Å²) in [5.41, 5.74) is -0.644. The molecule has 1 fully saturated rings. The van der Waals surface area contributed by atoms with Gasteiger partial charge in [-0.3, -0.25) is 0 Å². The van der Waals surface area contributed by atoms with Gasteiger partial charge < -0.3 is 14.3 Å². The van der Waals surface area contributed by atoms with Crippen LogP contribution < -0.4 is 0 Å². The van der Waals surface area contributed by atoms with E-state index in [1.165, 1.54) is 0 Å². The van der Waals surface area contributed by atoms with Crippen LogP contribution in [-0.2, 0) is 14.3 Å². The fourth-order valence-electron chi connectivity index (χ4n) is 1.75. The van der Waals surface area contributed by atoms with Crippen molar-refractivity contribution in [3.63, 3.8) is 0 Å². The molecule has 1 saturated heterocycles. The topological polar surface area (TPSA) is 35.5 Å². The second-order valence-electron chi connectivity index (χ2n) is 3.65. The van der Waals surface area contributed by atoms with Crippen LogP contribution in [0, 0.1) is 5.92 Å². The third kappa shape index (κ3) is 2.51. The Morgan fingerprint density at radius 3 is 2.92 bits per heavy atom. The number of rotatable bonds is 4. The highest BCUT2D eigenvalue weighted by Crippen LogP contribution is 2.27. The molecule has 0 N–H and O–H groups in total. The lowest BCUT2D eigenvalue weighted by Gasteiger charge is -2.34. The number of hydrogen-bond acceptors (Lipinski definition) is 3. The predicted octanol–water partition coefficient (Wildman–Crippen LogP) is 1.41. The van der Waals surface area contributed by atoms with Crippen molar-refractivity contribution in [2.75, 3.05) is 19.8 Å². The molecule has 0 aromatic rings. The van der Waals surface area contributed by atoms with E-state index in [2.05, 4.69) is 0 Å². The molecule has 0 saturated carbocycles. The van der Waals surface area contributed by atoms with E-state index in [0.29, 0.717) is 13.2 Å². The van der Waals surface area contributed by atoms with Crippen LogP contribution in [0.1, 0.15) is 26.7 Å². The number of hydrogen-bond donors (Lipinski definition) is 0. The zero-order valence-corrected chi connectivity index (χ0v) is 8.41. The van der Waals surface area contributed by atoms with Crippen molar-refractivity contribution in [3.05, 3.63) is 0 Å². The molecule has 3 nitrogen and oxygen atoms in total. The molecule has 1 rings (SSSR count). The van der Waals surface area contributed by atoms with Gasteiger partial charge in [0, 0.05) is 19.1 Å². The molecule has 0 radical (unpaired) electrons. The van der Waals surface area contributed by atoms with Gasteiger partial charge in [0.1, 0.15) is 5.60 Å². The molecule has 0 aliphatic carbocycles. The van der Waals surface area contributed by atoms with E-state index in [1.807, 2.05) is 13.8 Å². The highest BCUT2D eigenvalue weighted by Gasteiger charge is 2.35. The molecule has 2 unspecified atom stereocenters. The Hall–Kier alpha value is -0.410. The second kappa shape index (κ2) is 4.72. The zero-order chi connectivity index (χ0) is 9.73. The molecular weight excluding hydrogens is 168 g/mol. The largest absolute Gasteiger partial charge is 0.381 e. The Labute approximate surface area is 79.4 Å². The quantitative estimate of drug-likeness (QED) is 0.623. The van der Waals surface area contributed by atoms with Crippen molar-refractivity contribution in [1.82, 2.24) is 0 Å². The minimum absolute atomic E-state index is 0.221. The van der Waals surface area contributed by atoms with E-state index < -0.39 is 5.60 Å². The van der Waals surface area contributed by atoms with Gasteiger partial charge >= 0.3 is 0 Å². The van der Waals surface area contributed by atoms with Gasteiger partial charge in [0.2, 0.25) is 0 Å². The normalized spacial score (nSPS) is 28.0. The summed E-state index contributed by atoms with van der Waals surface area (Å²) in [6.07, 6.45) is 2.96. The average molecular weight is 186 g/mol. The second-order valence-corrected chi connectivity index (χ2v) is 3.65. The highest BCUT2D eigenvalue weighted by molar-refractivity contribution is 5.62. The fraction of sp³-hybridized carbons (Fsp3) is 0.900. The summed E-state index contributed by atoms with van der Waals surface area (Å²) in [5, 5.41) is 0. The lowest BCUT2D eigenvalue weighted by atomic mass is 9.86. The van der Waals surface area contributed by atoms with Gasteiger partial charge in [0.15, 0.2) is 6.29 Å². The smallest absolute Gasteiger partial charge is 0.151 e. The van der Waals surface area contributed by atoms with Crippen LogP contribution in [0.2, 0.25) is 0 Å². The molecule has 2 atom stereocenters. The Bertz CT molecular complexity index is 164. The van der Waals surface area contributed by atoms with Crippen molar-refractivity contribution < 1.29 is 14.3 Å². The maximum atomic E-state index is 10.9. The van der Waals surface area contributed by atoms with Gasteiger partial charge in [-0.25, -0.2) is 0 Å². The van der Waals surface area contributed by atoms with E-state index >= 15 is 0 Å². The summed E-state index contributed by atoms with van der Waals surface area (Å²) in [5.74, 6) is 0.221. The number of aldehydes is 1. The average Bonchev–Trinajstić information content (AvgIpc) is 2.19. The Balaban J connectivity index is 2.56. The fourth-order valence-corrected chi connectivity index (χ4v) is 1.75. The minimum atomic E-state index is -0.644. The van der Waals surface area contributed by atoms with Crippen molar-refractivity contribution in [2.24, 2.45) is 5.92 Å². The number of carbonyl (C=O) groups is 1. The van der Waals surface area contributed by atoms with Gasteiger partial charge in [-0.1, -0.05) is 0 Å². The van der Waals surface area contributed by atoms with Gasteiger partial charge in [-0.15, -0.1) is 0 Å². The van der Waals surface area contributed by atoms with Crippen LogP contribution in [-0.4, -0.2) is 31.7 Å². The van der Waals surface area contributed by atoms with Crippen molar-refractivity contribution >= 4 is 6.29 Å². The molecule has 0 amide bonds. The van der Waals surface area contributed by atoms with E-state index in [-0.39, 0.29) is 5.92 Å².